The van der Waals surface area contributed by atoms with E-state index < -0.39 is 30.1 Å². The highest BCUT2D eigenvalue weighted by Gasteiger charge is 2.32. The molecular weight excluding hydrogens is 1920 g/mol. The van der Waals surface area contributed by atoms with Crippen molar-refractivity contribution in [2.75, 3.05) is 84.0 Å². The molecule has 0 atom stereocenters. The van der Waals surface area contributed by atoms with Crippen molar-refractivity contribution in [1.29, 1.82) is 0 Å². The van der Waals surface area contributed by atoms with Crippen molar-refractivity contribution >= 4 is 125 Å². The monoisotopic (exact) mass is 2040 g/mol. The lowest BCUT2D eigenvalue weighted by Gasteiger charge is -2.16. The first-order valence-electron chi connectivity index (χ1n) is 44.8. The zero-order chi connectivity index (χ0) is 104. The van der Waals surface area contributed by atoms with Crippen LogP contribution in [0.3, 0.4) is 0 Å². The van der Waals surface area contributed by atoms with Gasteiger partial charge in [-0.1, -0.05) is 203 Å². The Balaban J connectivity index is 0.000000231. The van der Waals surface area contributed by atoms with Gasteiger partial charge in [0.05, 0.1) is 37.8 Å². The largest absolute Gasteiger partial charge is 0.497 e. The Labute approximate surface area is 850 Å². The second kappa shape index (κ2) is 58.4. The number of benzene rings is 12. The van der Waals surface area contributed by atoms with Gasteiger partial charge in [-0.05, 0) is 287 Å². The average Bonchev–Trinajstić information content (AvgIpc) is 0.814. The maximum absolute atomic E-state index is 13.4. The fourth-order valence-electron chi connectivity index (χ4n) is 13.7. The molecule has 0 radical (unpaired) electrons. The Morgan fingerprint density at radius 2 is 0.599 bits per heavy atom. The molecule has 0 fully saturated rings. The zero-order valence-corrected chi connectivity index (χ0v) is 87.9. The van der Waals surface area contributed by atoms with Crippen LogP contribution in [0, 0.1) is 88.9 Å². The molecule has 32 heteroatoms. The van der Waals surface area contributed by atoms with Crippen molar-refractivity contribution in [3.05, 3.63) is 341 Å². The van der Waals surface area contributed by atoms with Crippen molar-refractivity contribution in [3.63, 3.8) is 0 Å². The summed E-state index contributed by atoms with van der Waals surface area (Å²) in [6.45, 7) is 32.1. The minimum Gasteiger partial charge on any atom is -0.497 e. The molecule has 0 bridgehead atoms. The first-order chi connectivity index (χ1) is 67.6. The summed E-state index contributed by atoms with van der Waals surface area (Å²) < 4.78 is 129. The molecule has 0 aliphatic heterocycles. The SMILES string of the molecule is CCOc1ccc(NC(=O)SC)c(COc2ccc(C)cc2C)c1.COC(=O)Nc1cc(C(C)C)ccc1COc1ccc(C)cc1C.COc1ccc(NC(=O)SC)c(COc2ccc(C)cc2C)c1.CSC(=O)Nc1cc(F)ccc1COc1ccc(C)cc1C.CSC(=O)Nc1ccc(C(F)(F)F)cc1COc1ccc(C)cc1C.CSC(=O)Nc1ccc(C(F)F)cc1COc1ccc(C)cc1C. The lowest BCUT2D eigenvalue weighted by atomic mass is 10.0. The molecule has 0 aliphatic rings. The predicted molar refractivity (Wildman–Crippen MR) is 571 cm³/mol. The summed E-state index contributed by atoms with van der Waals surface area (Å²) in [7, 11) is 2.97. The molecule has 142 heavy (non-hydrogen) atoms. The number of alkyl halides is 5. The Morgan fingerprint density at radius 1 is 0.310 bits per heavy atom. The summed E-state index contributed by atoms with van der Waals surface area (Å²) in [5.41, 5.74) is 20.9. The molecule has 12 aromatic rings. The predicted octanol–water partition coefficient (Wildman–Crippen LogP) is 31.6. The lowest BCUT2D eigenvalue weighted by Crippen LogP contribution is -2.14. The van der Waals surface area contributed by atoms with Crippen LogP contribution in [0.25, 0.3) is 0 Å². The third-order valence-corrected chi connectivity index (χ3v) is 23.6. The van der Waals surface area contributed by atoms with E-state index in [0.717, 1.165) is 195 Å². The molecule has 0 unspecified atom stereocenters. The lowest BCUT2D eigenvalue weighted by molar-refractivity contribution is -0.137. The van der Waals surface area contributed by atoms with Crippen LogP contribution in [0.1, 0.15) is 150 Å². The maximum atomic E-state index is 13.4. The van der Waals surface area contributed by atoms with E-state index in [1.54, 1.807) is 50.5 Å². The second-order valence-corrected chi connectivity index (χ2v) is 36.7. The molecule has 0 heterocycles. The number of methoxy groups -OCH3 is 2. The fourth-order valence-corrected chi connectivity index (χ4v) is 14.7. The van der Waals surface area contributed by atoms with Crippen LogP contribution in [-0.4, -0.2) is 84.4 Å². The average molecular weight is 2040 g/mol. The summed E-state index contributed by atoms with van der Waals surface area (Å²) >= 11 is 5.28. The van der Waals surface area contributed by atoms with Gasteiger partial charge >= 0.3 is 12.3 Å². The molecule has 756 valence electrons. The molecule has 0 aromatic heterocycles. The number of carbonyl (C=O) groups is 6. The number of carbonyl (C=O) groups excluding carboxylic acids is 6. The normalized spacial score (nSPS) is 10.6. The Morgan fingerprint density at radius 3 is 0.908 bits per heavy atom. The number of halogens is 6. The van der Waals surface area contributed by atoms with Crippen LogP contribution in [0.4, 0.5) is 89.2 Å². The fraction of sp³-hybridized carbons (Fsp3) is 0.291. The number of thioether (sulfide) groups is 5. The summed E-state index contributed by atoms with van der Waals surface area (Å²) in [6, 6.07) is 64.2. The summed E-state index contributed by atoms with van der Waals surface area (Å²) in [4.78, 5) is 69.6. The van der Waals surface area contributed by atoms with E-state index in [9.17, 15) is 55.1 Å². The van der Waals surface area contributed by atoms with E-state index in [2.05, 4.69) is 90.8 Å². The first-order valence-corrected chi connectivity index (χ1v) is 50.9. The van der Waals surface area contributed by atoms with Gasteiger partial charge < -0.3 is 69.2 Å². The number of aryl methyl sites for hydroxylation is 12. The molecule has 6 N–H and O–H groups in total. The molecule has 0 spiro atoms. The quantitative estimate of drug-likeness (QED) is 0.0238. The summed E-state index contributed by atoms with van der Waals surface area (Å²) in [6.07, 6.45) is 0.871. The number of amides is 6. The van der Waals surface area contributed by atoms with E-state index >= 15 is 0 Å². The molecular formula is C110H124F6N6O15S5. The van der Waals surface area contributed by atoms with Gasteiger partial charge in [0.25, 0.3) is 32.6 Å². The van der Waals surface area contributed by atoms with Gasteiger partial charge in [-0.3, -0.25) is 29.3 Å². The molecule has 12 aromatic carbocycles. The van der Waals surface area contributed by atoms with E-state index in [-0.39, 0.29) is 57.1 Å². The number of hydrogen-bond donors (Lipinski definition) is 6. The Kier molecular flexibility index (Phi) is 47.7. The van der Waals surface area contributed by atoms with Gasteiger partial charge in [0.1, 0.15) is 91.5 Å². The standard InChI is InChI=1S/C20H25NO3.C19H23NO3S.C18H18F3NO2S.C18H19F2NO2S.C18H21NO3S.C17H18FNO2S/c1-13(2)16-7-8-17(18(11-16)21-20(22)23-5)12-24-19-9-6-14(3)10-15(19)4;1-5-22-16-7-8-17(20-19(21)24-4)15(11-16)12-23-18-9-6-13(2)10-14(18)3;1-11-4-7-16(12(2)8-11)24-10-13-9-14(18(19,20)21)5-6-15(13)22-17(23)25-3;1-11-4-7-16(12(2)8-11)23-10-14-9-13(17(19)20)5-6-15(14)21-18(22)24-3;1-12-5-8-17(13(2)9-12)22-11-14-10-15(21-3)6-7-16(14)19-18(20)23-4;1-11-4-7-16(12(2)8-11)21-10-13-5-6-14(18)9-15(13)19-17(20)22-3/h6-11,13H,12H2,1-5H3,(H,21,22);6-11H,5,12H2,1-4H3,(H,20,21);4-9H,10H2,1-3H3,(H,22,23);4-9,17H,10H2,1-3H3,(H,21,22);5-10H,11H2,1-4H3,(H,19,20);4-9H,10H2,1-3H3,(H,19,20). The van der Waals surface area contributed by atoms with Crippen LogP contribution in [0.2, 0.25) is 0 Å². The Bertz CT molecular complexity index is 6270. The third-order valence-electron chi connectivity index (χ3n) is 21.2. The minimum absolute atomic E-state index is 0.0855. The number of ether oxygens (including phenoxy) is 9. The summed E-state index contributed by atoms with van der Waals surface area (Å²) in [5, 5.41) is 15.4. The second-order valence-electron chi connectivity index (χ2n) is 32.8. The number of hydrogen-bond acceptors (Lipinski definition) is 20. The van der Waals surface area contributed by atoms with E-state index in [1.807, 2.05) is 203 Å². The molecule has 12 rings (SSSR count). The van der Waals surface area contributed by atoms with Gasteiger partial charge in [-0.2, -0.15) is 13.2 Å². The van der Waals surface area contributed by atoms with Crippen molar-refractivity contribution in [2.24, 2.45) is 0 Å². The highest BCUT2D eigenvalue weighted by atomic mass is 32.2. The Hall–Kier alpha value is -13.0. The van der Waals surface area contributed by atoms with Crippen molar-refractivity contribution in [3.8, 4) is 46.0 Å². The molecule has 0 aliphatic carbocycles. The van der Waals surface area contributed by atoms with E-state index in [1.165, 1.54) is 65.8 Å². The smallest absolute Gasteiger partial charge is 0.416 e. The zero-order valence-electron chi connectivity index (χ0n) is 83.8. The molecule has 0 saturated heterocycles. The molecule has 0 saturated carbocycles. The first kappa shape index (κ1) is 116. The third kappa shape index (κ3) is 38.8. The number of nitrogens with one attached hydrogen (secondary N) is 6. The van der Waals surface area contributed by atoms with Gasteiger partial charge in [-0.15, -0.1) is 0 Å². The van der Waals surface area contributed by atoms with E-state index in [4.69, 9.17) is 42.6 Å². The van der Waals surface area contributed by atoms with Crippen molar-refractivity contribution in [1.82, 2.24) is 0 Å². The van der Waals surface area contributed by atoms with Crippen molar-refractivity contribution < 1.29 is 97.7 Å². The van der Waals surface area contributed by atoms with Gasteiger partial charge in [-0.25, -0.2) is 18.0 Å². The van der Waals surface area contributed by atoms with Crippen LogP contribution >= 0.6 is 58.8 Å². The highest BCUT2D eigenvalue weighted by Crippen LogP contribution is 2.37. The van der Waals surface area contributed by atoms with Gasteiger partial charge in [0, 0.05) is 61.7 Å². The van der Waals surface area contributed by atoms with Gasteiger partial charge in [0.2, 0.25) is 0 Å². The summed E-state index contributed by atoms with van der Waals surface area (Å²) in [5.74, 6) is 6.03. The van der Waals surface area contributed by atoms with Crippen LogP contribution in [0.5, 0.6) is 46.0 Å². The number of anilines is 6. The van der Waals surface area contributed by atoms with Crippen LogP contribution in [0.15, 0.2) is 218 Å². The van der Waals surface area contributed by atoms with Gasteiger partial charge in [0.15, 0.2) is 0 Å². The highest BCUT2D eigenvalue weighted by molar-refractivity contribution is 8.14. The number of rotatable bonds is 29. The van der Waals surface area contributed by atoms with Crippen LogP contribution in [-0.2, 0) is 50.6 Å². The van der Waals surface area contributed by atoms with Crippen LogP contribution < -0.4 is 69.8 Å². The van der Waals surface area contributed by atoms with E-state index in [0.29, 0.717) is 66.5 Å². The molecule has 6 amide bonds. The maximum Gasteiger partial charge on any atom is 0.416 e. The topological polar surface area (TPSA) is 258 Å². The molecule has 21 nitrogen and oxygen atoms in total. The van der Waals surface area contributed by atoms with Crippen molar-refractivity contribution in [2.45, 2.75) is 162 Å². The minimum atomic E-state index is -4.46.